The van der Waals surface area contributed by atoms with Crippen LogP contribution < -0.4 is 0 Å². The summed E-state index contributed by atoms with van der Waals surface area (Å²) in [4.78, 5) is 18.9. The van der Waals surface area contributed by atoms with E-state index in [2.05, 4.69) is 10.1 Å². The number of methoxy groups -OCH3 is 1. The summed E-state index contributed by atoms with van der Waals surface area (Å²) in [6.45, 7) is 3.64. The number of aryl methyl sites for hydroxylation is 2. The minimum absolute atomic E-state index is 0.0423. The fraction of sp³-hybridized carbons (Fsp3) is 0.438. The zero-order valence-electron chi connectivity index (χ0n) is 13.1. The molecule has 0 aliphatic carbocycles. The van der Waals surface area contributed by atoms with Gasteiger partial charge in [-0.3, -0.25) is 9.48 Å². The average molecular weight is 300 g/mol. The minimum Gasteiger partial charge on any atom is -0.384 e. The number of nitrogens with zero attached hydrogens (tertiary/aromatic N) is 4. The molecular weight excluding hydrogens is 280 g/mol. The van der Waals surface area contributed by atoms with Crippen molar-refractivity contribution in [2.75, 3.05) is 20.3 Å². The molecule has 116 valence electrons. The van der Waals surface area contributed by atoms with Gasteiger partial charge in [0, 0.05) is 44.4 Å². The smallest absolute Gasteiger partial charge is 0.272 e. The third-order valence-electron chi connectivity index (χ3n) is 4.02. The molecule has 2 aromatic heterocycles. The van der Waals surface area contributed by atoms with Crippen molar-refractivity contribution in [2.45, 2.75) is 19.4 Å². The van der Waals surface area contributed by atoms with Gasteiger partial charge in [-0.1, -0.05) is 6.07 Å². The molecule has 6 heteroatoms. The van der Waals surface area contributed by atoms with Gasteiger partial charge in [0.25, 0.3) is 5.91 Å². The van der Waals surface area contributed by atoms with Crippen molar-refractivity contribution < 1.29 is 9.53 Å². The number of hydrogen-bond acceptors (Lipinski definition) is 4. The van der Waals surface area contributed by atoms with Crippen LogP contribution in [0.1, 0.15) is 33.4 Å². The molecular formula is C16H20N4O2. The molecule has 0 saturated carbocycles. The molecule has 0 fully saturated rings. The maximum atomic E-state index is 12.7. The topological polar surface area (TPSA) is 60.2 Å². The van der Waals surface area contributed by atoms with Crippen molar-refractivity contribution in [2.24, 2.45) is 7.05 Å². The second kappa shape index (κ2) is 5.88. The fourth-order valence-electron chi connectivity index (χ4n) is 3.08. The Kier molecular flexibility index (Phi) is 3.94. The Hall–Kier alpha value is -2.21. The second-order valence-corrected chi connectivity index (χ2v) is 5.68. The summed E-state index contributed by atoms with van der Waals surface area (Å²) in [6.07, 6.45) is 1.83. The number of pyridine rings is 1. The predicted octanol–water partition coefficient (Wildman–Crippen LogP) is 1.51. The van der Waals surface area contributed by atoms with Gasteiger partial charge < -0.3 is 9.64 Å². The molecule has 0 unspecified atom stereocenters. The summed E-state index contributed by atoms with van der Waals surface area (Å²) in [7, 11) is 3.61. The van der Waals surface area contributed by atoms with E-state index in [1.54, 1.807) is 13.2 Å². The highest BCUT2D eigenvalue weighted by Gasteiger charge is 2.31. The van der Waals surface area contributed by atoms with Gasteiger partial charge in [-0.05, 0) is 19.1 Å². The standard InChI is InChI=1S/C16H20N4O2/c1-11-5-4-6-14(18-11)16(21)20-8-12-7-17-19(2)15(12)13(9-20)10-22-3/h4-7,13H,8-10H2,1-3H3/t13-/m1/s1. The Labute approximate surface area is 129 Å². The van der Waals surface area contributed by atoms with Gasteiger partial charge in [0.05, 0.1) is 18.5 Å². The number of amides is 1. The van der Waals surface area contributed by atoms with E-state index in [0.717, 1.165) is 17.0 Å². The molecule has 22 heavy (non-hydrogen) atoms. The van der Waals surface area contributed by atoms with E-state index in [9.17, 15) is 4.79 Å². The van der Waals surface area contributed by atoms with Crippen LogP contribution >= 0.6 is 0 Å². The predicted molar refractivity (Wildman–Crippen MR) is 81.5 cm³/mol. The largest absolute Gasteiger partial charge is 0.384 e. The maximum Gasteiger partial charge on any atom is 0.272 e. The van der Waals surface area contributed by atoms with Crippen LogP contribution in [0.5, 0.6) is 0 Å². The number of hydrogen-bond donors (Lipinski definition) is 0. The summed E-state index contributed by atoms with van der Waals surface area (Å²) in [6, 6.07) is 5.51. The average Bonchev–Trinajstić information content (AvgIpc) is 2.88. The molecule has 0 N–H and O–H groups in total. The molecule has 1 atom stereocenters. The van der Waals surface area contributed by atoms with E-state index in [1.165, 1.54) is 0 Å². The van der Waals surface area contributed by atoms with Crippen LogP contribution in [0.25, 0.3) is 0 Å². The quantitative estimate of drug-likeness (QED) is 0.862. The molecule has 6 nitrogen and oxygen atoms in total. The van der Waals surface area contributed by atoms with Gasteiger partial charge in [0.2, 0.25) is 0 Å². The Morgan fingerprint density at radius 3 is 3.00 bits per heavy atom. The first kappa shape index (κ1) is 14.7. The van der Waals surface area contributed by atoms with Gasteiger partial charge >= 0.3 is 0 Å². The van der Waals surface area contributed by atoms with E-state index in [-0.39, 0.29) is 11.8 Å². The van der Waals surface area contributed by atoms with Crippen LogP contribution in [-0.4, -0.2) is 45.8 Å². The molecule has 3 rings (SSSR count). The summed E-state index contributed by atoms with van der Waals surface area (Å²) < 4.78 is 7.20. The highest BCUT2D eigenvalue weighted by Crippen LogP contribution is 2.28. The maximum absolute atomic E-state index is 12.7. The van der Waals surface area contributed by atoms with Crippen molar-refractivity contribution >= 4 is 5.91 Å². The lowest BCUT2D eigenvalue weighted by molar-refractivity contribution is 0.0670. The lowest BCUT2D eigenvalue weighted by atomic mass is 9.96. The molecule has 1 aliphatic rings. The van der Waals surface area contributed by atoms with Crippen LogP contribution in [0.4, 0.5) is 0 Å². The molecule has 1 amide bonds. The van der Waals surface area contributed by atoms with Gasteiger partial charge in [0.15, 0.2) is 0 Å². The van der Waals surface area contributed by atoms with Crippen LogP contribution in [-0.2, 0) is 18.3 Å². The van der Waals surface area contributed by atoms with E-state index in [0.29, 0.717) is 25.4 Å². The van der Waals surface area contributed by atoms with Crippen LogP contribution in [0.3, 0.4) is 0 Å². The molecule has 2 aromatic rings. The Balaban J connectivity index is 1.89. The number of rotatable bonds is 3. The highest BCUT2D eigenvalue weighted by atomic mass is 16.5. The number of fused-ring (bicyclic) bond motifs is 1. The normalized spacial score (nSPS) is 17.4. The molecule has 0 saturated heterocycles. The lowest BCUT2D eigenvalue weighted by Gasteiger charge is -2.32. The molecule has 1 aliphatic heterocycles. The number of ether oxygens (including phenoxy) is 1. The zero-order chi connectivity index (χ0) is 15.7. The van der Waals surface area contributed by atoms with Gasteiger partial charge in [-0.25, -0.2) is 4.98 Å². The summed E-state index contributed by atoms with van der Waals surface area (Å²) in [5.74, 6) is 0.0920. The first-order valence-corrected chi connectivity index (χ1v) is 7.32. The molecule has 0 aromatic carbocycles. The molecule has 0 radical (unpaired) electrons. The van der Waals surface area contributed by atoms with Gasteiger partial charge in [0.1, 0.15) is 5.69 Å². The first-order chi connectivity index (χ1) is 10.6. The summed E-state index contributed by atoms with van der Waals surface area (Å²) in [5.41, 5.74) is 3.57. The van der Waals surface area contributed by atoms with Crippen molar-refractivity contribution in [3.05, 3.63) is 47.0 Å². The van der Waals surface area contributed by atoms with Gasteiger partial charge in [-0.15, -0.1) is 0 Å². The van der Waals surface area contributed by atoms with E-state index >= 15 is 0 Å². The molecule has 3 heterocycles. The van der Waals surface area contributed by atoms with E-state index < -0.39 is 0 Å². The van der Waals surface area contributed by atoms with Crippen LogP contribution in [0, 0.1) is 6.92 Å². The monoisotopic (exact) mass is 300 g/mol. The van der Waals surface area contributed by atoms with Crippen LogP contribution in [0.2, 0.25) is 0 Å². The molecule has 0 bridgehead atoms. The van der Waals surface area contributed by atoms with Crippen LogP contribution in [0.15, 0.2) is 24.4 Å². The van der Waals surface area contributed by atoms with E-state index in [1.807, 2.05) is 41.9 Å². The third-order valence-corrected chi connectivity index (χ3v) is 4.02. The van der Waals surface area contributed by atoms with Crippen molar-refractivity contribution in [1.82, 2.24) is 19.7 Å². The number of aromatic nitrogens is 3. The fourth-order valence-corrected chi connectivity index (χ4v) is 3.08. The summed E-state index contributed by atoms with van der Waals surface area (Å²) in [5, 5.41) is 4.32. The number of carbonyl (C=O) groups is 1. The highest BCUT2D eigenvalue weighted by molar-refractivity contribution is 5.92. The van der Waals surface area contributed by atoms with Crippen molar-refractivity contribution in [3.63, 3.8) is 0 Å². The summed E-state index contributed by atoms with van der Waals surface area (Å²) >= 11 is 0. The second-order valence-electron chi connectivity index (χ2n) is 5.68. The molecule has 0 spiro atoms. The third kappa shape index (κ3) is 2.62. The van der Waals surface area contributed by atoms with Crippen molar-refractivity contribution in [1.29, 1.82) is 0 Å². The lowest BCUT2D eigenvalue weighted by Crippen LogP contribution is -2.40. The minimum atomic E-state index is -0.0423. The van der Waals surface area contributed by atoms with E-state index in [4.69, 9.17) is 4.74 Å². The SMILES string of the molecule is COC[C@H]1CN(C(=O)c2cccc(C)n2)Cc2cnn(C)c21. The Bertz CT molecular complexity index is 695. The first-order valence-electron chi connectivity index (χ1n) is 7.32. The van der Waals surface area contributed by atoms with Crippen molar-refractivity contribution in [3.8, 4) is 0 Å². The zero-order valence-corrected chi connectivity index (χ0v) is 13.1. The number of carbonyl (C=O) groups excluding carboxylic acids is 1. The Morgan fingerprint density at radius 1 is 1.45 bits per heavy atom. The Morgan fingerprint density at radius 2 is 2.27 bits per heavy atom. The van der Waals surface area contributed by atoms with Gasteiger partial charge in [-0.2, -0.15) is 5.10 Å².